The number of alkyl halides is 2. The maximum absolute atomic E-state index is 13.7. The molecule has 0 bridgehead atoms. The van der Waals surface area contributed by atoms with Crippen LogP contribution >= 0.6 is 0 Å². The molecule has 2 aromatic rings. The van der Waals surface area contributed by atoms with Crippen LogP contribution in [-0.2, 0) is 22.3 Å². The highest BCUT2D eigenvalue weighted by Gasteiger charge is 2.33. The zero-order valence-electron chi connectivity index (χ0n) is 19.6. The van der Waals surface area contributed by atoms with Crippen LogP contribution in [-0.4, -0.2) is 64.1 Å². The fourth-order valence-corrected chi connectivity index (χ4v) is 5.96. The van der Waals surface area contributed by atoms with Gasteiger partial charge in [0.15, 0.2) is 6.61 Å². The molecule has 35 heavy (non-hydrogen) atoms. The highest BCUT2D eigenvalue weighted by atomic mass is 32.2. The Morgan fingerprint density at radius 1 is 1.17 bits per heavy atom. The minimum Gasteiger partial charge on any atom is -0.470 e. The number of benzene rings is 1. The van der Waals surface area contributed by atoms with Crippen LogP contribution in [0.4, 0.5) is 14.5 Å². The van der Waals surface area contributed by atoms with Crippen LogP contribution in [0.3, 0.4) is 0 Å². The van der Waals surface area contributed by atoms with E-state index in [4.69, 9.17) is 4.74 Å². The highest BCUT2D eigenvalue weighted by molar-refractivity contribution is 7.87. The van der Waals surface area contributed by atoms with Crippen molar-refractivity contribution in [3.05, 3.63) is 59.9 Å². The van der Waals surface area contributed by atoms with Gasteiger partial charge < -0.3 is 9.64 Å². The van der Waals surface area contributed by atoms with E-state index in [1.54, 1.807) is 12.1 Å². The molecule has 1 aliphatic heterocycles. The molecule has 1 atom stereocenters. The second-order valence-corrected chi connectivity index (χ2v) is 10.4. The summed E-state index contributed by atoms with van der Waals surface area (Å²) in [5.74, 6) is -0.0685. The van der Waals surface area contributed by atoms with E-state index in [1.807, 2.05) is 34.6 Å². The zero-order chi connectivity index (χ0) is 24.6. The number of anilines is 1. The lowest BCUT2D eigenvalue weighted by Crippen LogP contribution is -2.48. The smallest absolute Gasteiger partial charge is 0.272 e. The first-order valence-corrected chi connectivity index (χ1v) is 13.1. The Labute approximate surface area is 207 Å². The number of likely N-dealkylation sites (tertiary alicyclic amines) is 1. The summed E-state index contributed by atoms with van der Waals surface area (Å²) >= 11 is 0. The maximum Gasteiger partial charge on any atom is 0.272 e. The summed E-state index contributed by atoms with van der Waals surface area (Å²) in [6.07, 6.45) is 4.58. The van der Waals surface area contributed by atoms with Crippen molar-refractivity contribution in [2.75, 3.05) is 24.0 Å². The highest BCUT2D eigenvalue weighted by Crippen LogP contribution is 2.30. The number of hydrogen-bond acceptors (Lipinski definition) is 6. The maximum atomic E-state index is 13.7. The Morgan fingerprint density at radius 3 is 2.49 bits per heavy atom. The van der Waals surface area contributed by atoms with Gasteiger partial charge >= 0.3 is 0 Å². The van der Waals surface area contributed by atoms with E-state index >= 15 is 0 Å². The first kappa shape index (κ1) is 25.4. The standard InChI is InChI=1S/C25H31F2N5O2S/c1-28-30-25(34-18-24(26)27)19-10-11-20(29-16-19)17-32(22-6-3-2-4-7-22)35(33)23-12-14-31(15-13-23)21-8-5-9-21/h2-4,6-7,10-11,16,21,23-24H,1,5,8-9,12-15,17-18H2/b30-25-. The number of aromatic nitrogens is 1. The van der Waals surface area contributed by atoms with E-state index in [-0.39, 0.29) is 11.1 Å². The molecule has 188 valence electrons. The molecule has 7 nitrogen and oxygen atoms in total. The minimum absolute atomic E-state index is 0.0685. The molecule has 2 fully saturated rings. The average Bonchev–Trinajstić information content (AvgIpc) is 2.85. The predicted octanol–water partition coefficient (Wildman–Crippen LogP) is 4.41. The largest absolute Gasteiger partial charge is 0.470 e. The average molecular weight is 504 g/mol. The first-order chi connectivity index (χ1) is 17.0. The Kier molecular flexibility index (Phi) is 8.92. The molecule has 10 heteroatoms. The van der Waals surface area contributed by atoms with Gasteiger partial charge in [0.1, 0.15) is 11.0 Å². The SMILES string of the molecule is C=N/N=C(\OCC(F)F)c1ccc(CN(c2ccccc2)S(=O)C2CCN(C3CCC3)CC2)nc1. The molecule has 1 aromatic heterocycles. The predicted molar refractivity (Wildman–Crippen MR) is 135 cm³/mol. The molecule has 0 N–H and O–H groups in total. The van der Waals surface area contributed by atoms with Gasteiger partial charge in [-0.25, -0.2) is 13.0 Å². The Morgan fingerprint density at radius 2 is 1.91 bits per heavy atom. The Balaban J connectivity index is 1.46. The fraction of sp³-hybridized carbons (Fsp3) is 0.480. The van der Waals surface area contributed by atoms with Gasteiger partial charge in [-0.2, -0.15) is 5.10 Å². The van der Waals surface area contributed by atoms with Crippen molar-refractivity contribution in [1.82, 2.24) is 9.88 Å². The van der Waals surface area contributed by atoms with E-state index < -0.39 is 24.0 Å². The molecule has 0 radical (unpaired) electrons. The van der Waals surface area contributed by atoms with Gasteiger partial charge in [-0.1, -0.05) is 24.6 Å². The van der Waals surface area contributed by atoms with E-state index in [9.17, 15) is 13.0 Å². The summed E-state index contributed by atoms with van der Waals surface area (Å²) in [5, 5.41) is 7.17. The van der Waals surface area contributed by atoms with Gasteiger partial charge in [-0.05, 0) is 63.0 Å². The number of halogens is 2. The van der Waals surface area contributed by atoms with Gasteiger partial charge in [-0.15, -0.1) is 5.10 Å². The number of rotatable bonds is 10. The van der Waals surface area contributed by atoms with Crippen molar-refractivity contribution in [3.8, 4) is 0 Å². The van der Waals surface area contributed by atoms with E-state index in [1.165, 1.54) is 25.5 Å². The monoisotopic (exact) mass is 503 g/mol. The quantitative estimate of drug-likeness (QED) is 0.274. The van der Waals surface area contributed by atoms with E-state index in [2.05, 4.69) is 26.8 Å². The van der Waals surface area contributed by atoms with Crippen LogP contribution in [0, 0.1) is 0 Å². The molecule has 4 rings (SSSR count). The lowest BCUT2D eigenvalue weighted by molar-refractivity contribution is 0.0765. The van der Waals surface area contributed by atoms with Crippen LogP contribution in [0.2, 0.25) is 0 Å². The molecule has 1 saturated carbocycles. The van der Waals surface area contributed by atoms with Crippen molar-refractivity contribution in [3.63, 3.8) is 0 Å². The summed E-state index contributed by atoms with van der Waals surface area (Å²) in [7, 11) is -1.22. The van der Waals surface area contributed by atoms with Crippen LogP contribution in [0.5, 0.6) is 0 Å². The molecule has 0 spiro atoms. The number of para-hydroxylation sites is 1. The lowest BCUT2D eigenvalue weighted by Gasteiger charge is -2.42. The Hall–Kier alpha value is -2.72. The van der Waals surface area contributed by atoms with Crippen LogP contribution in [0.1, 0.15) is 43.4 Å². The third-order valence-corrected chi connectivity index (χ3v) is 8.32. The van der Waals surface area contributed by atoms with E-state index in [0.29, 0.717) is 23.8 Å². The van der Waals surface area contributed by atoms with Gasteiger partial charge in [0.05, 0.1) is 23.1 Å². The summed E-state index contributed by atoms with van der Waals surface area (Å²) in [4.78, 5) is 7.01. The third-order valence-electron chi connectivity index (χ3n) is 6.50. The van der Waals surface area contributed by atoms with Crippen molar-refractivity contribution in [2.24, 2.45) is 10.2 Å². The Bertz CT molecular complexity index is 1010. The summed E-state index contributed by atoms with van der Waals surface area (Å²) in [6, 6.07) is 13.9. The van der Waals surface area contributed by atoms with Crippen LogP contribution in [0.15, 0.2) is 58.9 Å². The fourth-order valence-electron chi connectivity index (χ4n) is 4.40. The number of hydrogen-bond donors (Lipinski definition) is 0. The third kappa shape index (κ3) is 6.70. The van der Waals surface area contributed by atoms with Crippen molar-refractivity contribution in [2.45, 2.75) is 56.4 Å². The molecule has 2 aliphatic rings. The summed E-state index contributed by atoms with van der Waals surface area (Å²) < 4.78 is 45.8. The van der Waals surface area contributed by atoms with Gasteiger partial charge in [-0.3, -0.25) is 9.29 Å². The first-order valence-electron chi connectivity index (χ1n) is 11.9. The van der Waals surface area contributed by atoms with Crippen LogP contribution < -0.4 is 4.31 Å². The summed E-state index contributed by atoms with van der Waals surface area (Å²) in [6.45, 7) is 4.81. The number of ether oxygens (including phenoxy) is 1. The topological polar surface area (TPSA) is 70.4 Å². The molecular formula is C25H31F2N5O2S. The molecule has 2 heterocycles. The normalized spacial score (nSPS) is 18.8. The van der Waals surface area contributed by atoms with E-state index in [0.717, 1.165) is 31.6 Å². The number of pyridine rings is 1. The zero-order valence-corrected chi connectivity index (χ0v) is 20.5. The molecular weight excluding hydrogens is 472 g/mol. The van der Waals surface area contributed by atoms with Crippen molar-refractivity contribution in [1.29, 1.82) is 0 Å². The molecule has 1 aliphatic carbocycles. The lowest BCUT2D eigenvalue weighted by atomic mass is 9.90. The minimum atomic E-state index is -2.63. The molecule has 1 aromatic carbocycles. The molecule has 0 amide bonds. The van der Waals surface area contributed by atoms with Gasteiger partial charge in [0.25, 0.3) is 6.43 Å². The van der Waals surface area contributed by atoms with Gasteiger partial charge in [0.2, 0.25) is 5.90 Å². The number of piperidine rings is 1. The second kappa shape index (κ2) is 12.3. The molecule has 1 unspecified atom stereocenters. The summed E-state index contributed by atoms with van der Waals surface area (Å²) in [5.41, 5.74) is 1.98. The van der Waals surface area contributed by atoms with Gasteiger partial charge in [0, 0.05) is 24.6 Å². The molecule has 1 saturated heterocycles. The van der Waals surface area contributed by atoms with Crippen molar-refractivity contribution < 1.29 is 17.7 Å². The number of nitrogens with zero attached hydrogens (tertiary/aromatic N) is 5. The van der Waals surface area contributed by atoms with Crippen LogP contribution in [0.25, 0.3) is 0 Å². The van der Waals surface area contributed by atoms with Crippen molar-refractivity contribution >= 4 is 29.3 Å². The second-order valence-electron chi connectivity index (χ2n) is 8.76.